The quantitative estimate of drug-likeness (QED) is 0.200. The molecular weight excluding hydrogens is 560 g/mol. The first-order valence-corrected chi connectivity index (χ1v) is 15.5. The third kappa shape index (κ3) is 4.41. The van der Waals surface area contributed by atoms with Crippen LogP contribution in [0.2, 0.25) is 0 Å². The lowest BCUT2D eigenvalue weighted by Gasteiger charge is -2.28. The van der Waals surface area contributed by atoms with E-state index >= 15 is 0 Å². The van der Waals surface area contributed by atoms with Gasteiger partial charge in [-0.25, -0.2) is 4.98 Å². The minimum Gasteiger partial charge on any atom is -0.452 e. The SMILES string of the molecule is c1ccc(-c2ccc(N(c3ccccc3-c3ccc4ccccc4c3)c3cccc4c3oc3cc5ccccc5nc34)cc2)cc1. The van der Waals surface area contributed by atoms with Gasteiger partial charge >= 0.3 is 0 Å². The minimum atomic E-state index is 0.781. The Hall–Kier alpha value is -6.19. The third-order valence-electron chi connectivity index (χ3n) is 8.83. The summed E-state index contributed by atoms with van der Waals surface area (Å²) in [6, 6.07) is 59.8. The van der Waals surface area contributed by atoms with Crippen molar-refractivity contribution in [1.29, 1.82) is 0 Å². The Balaban J connectivity index is 1.29. The summed E-state index contributed by atoms with van der Waals surface area (Å²) in [5, 5.41) is 4.49. The summed E-state index contributed by atoms with van der Waals surface area (Å²) >= 11 is 0. The van der Waals surface area contributed by atoms with Crippen LogP contribution in [0.3, 0.4) is 0 Å². The van der Waals surface area contributed by atoms with E-state index in [4.69, 9.17) is 9.40 Å². The first-order chi connectivity index (χ1) is 22.8. The molecule has 7 aromatic carbocycles. The zero-order valence-electron chi connectivity index (χ0n) is 25.0. The van der Waals surface area contributed by atoms with Gasteiger partial charge < -0.3 is 9.32 Å². The van der Waals surface area contributed by atoms with Crippen LogP contribution in [-0.2, 0) is 0 Å². The second-order valence-corrected chi connectivity index (χ2v) is 11.6. The van der Waals surface area contributed by atoms with E-state index in [9.17, 15) is 0 Å². The van der Waals surface area contributed by atoms with E-state index in [1.165, 1.54) is 21.9 Å². The summed E-state index contributed by atoms with van der Waals surface area (Å²) in [5.41, 5.74) is 11.1. The summed E-state index contributed by atoms with van der Waals surface area (Å²) in [7, 11) is 0. The highest BCUT2D eigenvalue weighted by atomic mass is 16.3. The zero-order valence-corrected chi connectivity index (χ0v) is 25.0. The van der Waals surface area contributed by atoms with Gasteiger partial charge in [0, 0.05) is 22.0 Å². The van der Waals surface area contributed by atoms with Gasteiger partial charge in [-0.05, 0) is 76.0 Å². The Bertz CT molecular complexity index is 2530. The Kier molecular flexibility index (Phi) is 6.14. The van der Waals surface area contributed by atoms with E-state index in [-0.39, 0.29) is 0 Å². The summed E-state index contributed by atoms with van der Waals surface area (Å²) in [6.45, 7) is 0. The predicted octanol–water partition coefficient (Wildman–Crippen LogP) is 12.1. The smallest absolute Gasteiger partial charge is 0.161 e. The van der Waals surface area contributed by atoms with Crippen LogP contribution in [0.25, 0.3) is 66.0 Å². The maximum Gasteiger partial charge on any atom is 0.161 e. The molecule has 3 nitrogen and oxygen atoms in total. The molecule has 2 heterocycles. The van der Waals surface area contributed by atoms with E-state index in [0.717, 1.165) is 61.2 Å². The molecule has 0 unspecified atom stereocenters. The van der Waals surface area contributed by atoms with Crippen molar-refractivity contribution in [3.63, 3.8) is 0 Å². The van der Waals surface area contributed by atoms with Crippen molar-refractivity contribution in [2.24, 2.45) is 0 Å². The molecule has 0 amide bonds. The van der Waals surface area contributed by atoms with Gasteiger partial charge in [-0.3, -0.25) is 0 Å². The van der Waals surface area contributed by atoms with Crippen LogP contribution in [0.1, 0.15) is 0 Å². The van der Waals surface area contributed by atoms with E-state index in [1.54, 1.807) is 0 Å². The van der Waals surface area contributed by atoms with Crippen LogP contribution in [0.5, 0.6) is 0 Å². The Labute approximate surface area is 266 Å². The van der Waals surface area contributed by atoms with Crippen molar-refractivity contribution in [2.45, 2.75) is 0 Å². The van der Waals surface area contributed by atoms with Crippen LogP contribution in [-0.4, -0.2) is 4.98 Å². The Morgan fingerprint density at radius 2 is 1.13 bits per heavy atom. The molecule has 3 heteroatoms. The van der Waals surface area contributed by atoms with Crippen molar-refractivity contribution in [2.75, 3.05) is 4.90 Å². The summed E-state index contributed by atoms with van der Waals surface area (Å²) in [4.78, 5) is 7.36. The molecule has 0 aliphatic carbocycles. The fourth-order valence-electron chi connectivity index (χ4n) is 6.58. The highest BCUT2D eigenvalue weighted by molar-refractivity contribution is 6.11. The molecule has 216 valence electrons. The second kappa shape index (κ2) is 10.8. The molecule has 0 N–H and O–H groups in total. The molecule has 46 heavy (non-hydrogen) atoms. The van der Waals surface area contributed by atoms with Crippen molar-refractivity contribution in [1.82, 2.24) is 4.98 Å². The van der Waals surface area contributed by atoms with E-state index in [2.05, 4.69) is 163 Å². The van der Waals surface area contributed by atoms with Crippen molar-refractivity contribution < 1.29 is 4.42 Å². The van der Waals surface area contributed by atoms with Gasteiger partial charge in [0.2, 0.25) is 0 Å². The Morgan fingerprint density at radius 1 is 0.457 bits per heavy atom. The molecule has 0 saturated heterocycles. The largest absolute Gasteiger partial charge is 0.452 e. The fraction of sp³-hybridized carbons (Fsp3) is 0. The standard InChI is InChI=1S/C43H28N2O/c1-2-11-29(12-3-1)31-23-25-35(26-24-31)45(39-19-9-7-16-36(39)33-22-21-30-13-4-5-14-32(30)27-33)40-20-10-17-37-42-41(46-43(37)40)28-34-15-6-8-18-38(34)44-42/h1-28H. The van der Waals surface area contributed by atoms with E-state index < -0.39 is 0 Å². The lowest BCUT2D eigenvalue weighted by Crippen LogP contribution is -2.11. The molecular formula is C43H28N2O. The second-order valence-electron chi connectivity index (χ2n) is 11.6. The minimum absolute atomic E-state index is 0.781. The van der Waals surface area contributed by atoms with Gasteiger partial charge in [0.25, 0.3) is 0 Å². The average Bonchev–Trinajstić information content (AvgIpc) is 3.49. The van der Waals surface area contributed by atoms with E-state index in [0.29, 0.717) is 0 Å². The Morgan fingerprint density at radius 3 is 2.00 bits per heavy atom. The first kappa shape index (κ1) is 26.2. The summed E-state index contributed by atoms with van der Waals surface area (Å²) in [6.07, 6.45) is 0. The lowest BCUT2D eigenvalue weighted by atomic mass is 9.98. The predicted molar refractivity (Wildman–Crippen MR) is 192 cm³/mol. The molecule has 0 saturated carbocycles. The maximum atomic E-state index is 6.71. The van der Waals surface area contributed by atoms with Crippen LogP contribution in [0, 0.1) is 0 Å². The monoisotopic (exact) mass is 588 g/mol. The topological polar surface area (TPSA) is 29.3 Å². The van der Waals surface area contributed by atoms with Crippen molar-refractivity contribution in [3.8, 4) is 22.3 Å². The van der Waals surface area contributed by atoms with Crippen LogP contribution >= 0.6 is 0 Å². The fourth-order valence-corrected chi connectivity index (χ4v) is 6.58. The van der Waals surface area contributed by atoms with Crippen LogP contribution < -0.4 is 4.90 Å². The molecule has 0 aliphatic rings. The summed E-state index contributed by atoms with van der Waals surface area (Å²) in [5.74, 6) is 0. The average molecular weight is 589 g/mol. The number of fused-ring (bicyclic) bond motifs is 5. The number of nitrogens with zero attached hydrogens (tertiary/aromatic N) is 2. The van der Waals surface area contributed by atoms with Gasteiger partial charge in [0.1, 0.15) is 5.52 Å². The molecule has 0 bridgehead atoms. The van der Waals surface area contributed by atoms with Crippen LogP contribution in [0.15, 0.2) is 174 Å². The number of rotatable bonds is 5. The van der Waals surface area contributed by atoms with Gasteiger partial charge in [-0.2, -0.15) is 0 Å². The molecule has 9 aromatic rings. The molecule has 9 rings (SSSR count). The molecule has 2 aromatic heterocycles. The maximum absolute atomic E-state index is 6.71. The normalized spacial score (nSPS) is 11.5. The van der Waals surface area contributed by atoms with Gasteiger partial charge in [-0.1, -0.05) is 121 Å². The number of pyridine rings is 1. The lowest BCUT2D eigenvalue weighted by molar-refractivity contribution is 0.669. The van der Waals surface area contributed by atoms with Gasteiger partial charge in [0.05, 0.1) is 16.9 Å². The number of hydrogen-bond acceptors (Lipinski definition) is 3. The highest BCUT2D eigenvalue weighted by Crippen LogP contribution is 2.45. The van der Waals surface area contributed by atoms with Gasteiger partial charge in [-0.15, -0.1) is 0 Å². The van der Waals surface area contributed by atoms with Crippen molar-refractivity contribution >= 4 is 60.8 Å². The molecule has 0 fully saturated rings. The molecule has 0 radical (unpaired) electrons. The number of aromatic nitrogens is 1. The number of furan rings is 1. The van der Waals surface area contributed by atoms with Crippen LogP contribution in [0.4, 0.5) is 17.1 Å². The third-order valence-corrected chi connectivity index (χ3v) is 8.83. The number of hydrogen-bond donors (Lipinski definition) is 0. The van der Waals surface area contributed by atoms with Crippen molar-refractivity contribution in [3.05, 3.63) is 170 Å². The molecule has 0 atom stereocenters. The van der Waals surface area contributed by atoms with Gasteiger partial charge in [0.15, 0.2) is 11.2 Å². The molecule has 0 aliphatic heterocycles. The number of anilines is 3. The zero-order chi connectivity index (χ0) is 30.5. The highest BCUT2D eigenvalue weighted by Gasteiger charge is 2.22. The first-order valence-electron chi connectivity index (χ1n) is 15.5. The van der Waals surface area contributed by atoms with E-state index in [1.807, 2.05) is 12.1 Å². The molecule has 0 spiro atoms. The summed E-state index contributed by atoms with van der Waals surface area (Å²) < 4.78 is 6.71. The number of para-hydroxylation sites is 3. The number of benzene rings is 7.